The van der Waals surface area contributed by atoms with Crippen molar-refractivity contribution in [3.8, 4) is 5.75 Å². The smallest absolute Gasteiger partial charge is 0.244 e. The monoisotopic (exact) mass is 364 g/mol. The Kier molecular flexibility index (Phi) is 6.30. The first kappa shape index (κ1) is 19.2. The first-order chi connectivity index (χ1) is 13.1. The van der Waals surface area contributed by atoms with Crippen LogP contribution in [0.1, 0.15) is 37.4 Å². The summed E-state index contributed by atoms with van der Waals surface area (Å²) in [5, 5.41) is 9.49. The van der Waals surface area contributed by atoms with Gasteiger partial charge in [-0.1, -0.05) is 48.5 Å². The molecule has 1 unspecified atom stereocenters. The van der Waals surface area contributed by atoms with Crippen LogP contribution < -0.4 is 0 Å². The van der Waals surface area contributed by atoms with Crippen LogP contribution in [0.4, 0.5) is 0 Å². The van der Waals surface area contributed by atoms with Crippen LogP contribution in [-0.2, 0) is 4.79 Å². The summed E-state index contributed by atoms with van der Waals surface area (Å²) in [6.07, 6.45) is 3.10. The van der Waals surface area contributed by atoms with Gasteiger partial charge >= 0.3 is 0 Å². The minimum absolute atomic E-state index is 0.174. The number of carbonyl (C=O) groups is 1. The Morgan fingerprint density at radius 2 is 1.74 bits per heavy atom. The zero-order valence-electron chi connectivity index (χ0n) is 16.1. The first-order valence-electron chi connectivity index (χ1n) is 9.70. The van der Waals surface area contributed by atoms with Gasteiger partial charge in [0.15, 0.2) is 0 Å². The van der Waals surface area contributed by atoms with Crippen molar-refractivity contribution in [2.24, 2.45) is 0 Å². The second-order valence-corrected chi connectivity index (χ2v) is 6.84. The number of carbonyl (C=O) groups excluding carboxylic acids is 1. The Labute approximate surface area is 161 Å². The number of nitrogens with zero attached hydrogens (tertiary/aromatic N) is 2. The number of phenols is 1. The average molecular weight is 364 g/mol. The van der Waals surface area contributed by atoms with Crippen molar-refractivity contribution in [2.45, 2.75) is 26.3 Å². The highest BCUT2D eigenvalue weighted by atomic mass is 16.3. The molecule has 142 valence electrons. The van der Waals surface area contributed by atoms with Gasteiger partial charge in [0.05, 0.1) is 0 Å². The molecule has 0 aromatic heterocycles. The van der Waals surface area contributed by atoms with Gasteiger partial charge < -0.3 is 10.0 Å². The number of hydrogen-bond donors (Lipinski definition) is 1. The summed E-state index contributed by atoms with van der Waals surface area (Å²) < 4.78 is 0. The number of hydrogen-bond acceptors (Lipinski definition) is 3. The van der Waals surface area contributed by atoms with Gasteiger partial charge in [-0.15, -0.1) is 0 Å². The van der Waals surface area contributed by atoms with Crippen molar-refractivity contribution in [1.29, 1.82) is 0 Å². The molecule has 0 spiro atoms. The Balaban J connectivity index is 1.84. The molecule has 0 aliphatic carbocycles. The quantitative estimate of drug-likeness (QED) is 0.839. The van der Waals surface area contributed by atoms with Gasteiger partial charge in [0, 0.05) is 26.2 Å². The molecule has 1 amide bonds. The van der Waals surface area contributed by atoms with Crippen molar-refractivity contribution < 1.29 is 9.90 Å². The second kappa shape index (κ2) is 8.87. The van der Waals surface area contributed by atoms with Crippen molar-refractivity contribution in [3.63, 3.8) is 0 Å². The molecule has 2 aromatic carbocycles. The van der Waals surface area contributed by atoms with Crippen molar-refractivity contribution in [1.82, 2.24) is 9.80 Å². The average Bonchev–Trinajstić information content (AvgIpc) is 2.71. The molecule has 4 heteroatoms. The zero-order chi connectivity index (χ0) is 19.2. The number of amides is 1. The van der Waals surface area contributed by atoms with E-state index in [2.05, 4.69) is 11.0 Å². The van der Waals surface area contributed by atoms with Gasteiger partial charge in [0.2, 0.25) is 5.91 Å². The molecule has 1 aliphatic rings. The highest BCUT2D eigenvalue weighted by Gasteiger charge is 2.31. The van der Waals surface area contributed by atoms with Gasteiger partial charge in [-0.3, -0.25) is 9.69 Å². The number of phenolic OH excluding ortho intramolecular Hbond substituents is 1. The normalized spacial score (nSPS) is 15.9. The molecule has 0 saturated carbocycles. The Morgan fingerprint density at radius 3 is 2.30 bits per heavy atom. The Hall–Kier alpha value is -2.59. The van der Waals surface area contributed by atoms with Crippen molar-refractivity contribution in [2.75, 3.05) is 26.2 Å². The highest BCUT2D eigenvalue weighted by molar-refractivity contribution is 5.83. The molecule has 0 fully saturated rings. The molecule has 3 rings (SSSR count). The van der Waals surface area contributed by atoms with E-state index in [1.807, 2.05) is 61.2 Å². The number of aromatic hydroxyl groups is 1. The van der Waals surface area contributed by atoms with Crippen LogP contribution in [0.2, 0.25) is 0 Å². The molecule has 27 heavy (non-hydrogen) atoms. The van der Waals surface area contributed by atoms with E-state index >= 15 is 0 Å². The maximum atomic E-state index is 13.2. The lowest BCUT2D eigenvalue weighted by Crippen LogP contribution is -2.44. The van der Waals surface area contributed by atoms with E-state index in [0.717, 1.165) is 43.7 Å². The van der Waals surface area contributed by atoms with Gasteiger partial charge in [-0.25, -0.2) is 0 Å². The summed E-state index contributed by atoms with van der Waals surface area (Å²) in [6, 6.07) is 17.2. The van der Waals surface area contributed by atoms with E-state index in [1.165, 1.54) is 5.57 Å². The van der Waals surface area contributed by atoms with E-state index in [4.69, 9.17) is 0 Å². The molecule has 4 nitrogen and oxygen atoms in total. The Morgan fingerprint density at radius 1 is 1.07 bits per heavy atom. The van der Waals surface area contributed by atoms with Gasteiger partial charge in [-0.2, -0.15) is 0 Å². The minimum Gasteiger partial charge on any atom is -0.508 e. The SMILES string of the molecule is CCN(CC)C(=O)C(c1ccccc1)N1CC=C(c2ccc(O)cc2)CC1. The van der Waals surface area contributed by atoms with Crippen LogP contribution in [-0.4, -0.2) is 47.0 Å². The van der Waals surface area contributed by atoms with Crippen LogP contribution in [0.5, 0.6) is 5.75 Å². The summed E-state index contributed by atoms with van der Waals surface area (Å²) >= 11 is 0. The van der Waals surface area contributed by atoms with E-state index < -0.39 is 0 Å². The largest absolute Gasteiger partial charge is 0.508 e. The van der Waals surface area contributed by atoms with Crippen LogP contribution in [0.25, 0.3) is 5.57 Å². The number of likely N-dealkylation sites (N-methyl/N-ethyl adjacent to an activating group) is 1. The highest BCUT2D eigenvalue weighted by Crippen LogP contribution is 2.30. The van der Waals surface area contributed by atoms with E-state index in [1.54, 1.807) is 12.1 Å². The molecule has 1 atom stereocenters. The molecule has 0 saturated heterocycles. The minimum atomic E-state index is -0.247. The first-order valence-corrected chi connectivity index (χ1v) is 9.70. The fraction of sp³-hybridized carbons (Fsp3) is 0.348. The van der Waals surface area contributed by atoms with E-state index in [9.17, 15) is 9.90 Å². The molecule has 1 aliphatic heterocycles. The van der Waals surface area contributed by atoms with Gasteiger partial charge in [0.1, 0.15) is 11.8 Å². The third-order valence-electron chi connectivity index (χ3n) is 5.27. The maximum Gasteiger partial charge on any atom is 0.244 e. The lowest BCUT2D eigenvalue weighted by atomic mass is 9.96. The molecular weight excluding hydrogens is 336 g/mol. The topological polar surface area (TPSA) is 43.8 Å². The number of benzene rings is 2. The number of rotatable bonds is 6. The van der Waals surface area contributed by atoms with Gasteiger partial charge in [0.25, 0.3) is 0 Å². The fourth-order valence-corrected chi connectivity index (χ4v) is 3.71. The molecule has 1 heterocycles. The molecule has 2 aromatic rings. The lowest BCUT2D eigenvalue weighted by molar-refractivity contribution is -0.136. The van der Waals surface area contributed by atoms with E-state index in [0.29, 0.717) is 0 Å². The third kappa shape index (κ3) is 4.40. The van der Waals surface area contributed by atoms with Crippen molar-refractivity contribution >= 4 is 11.5 Å². The van der Waals surface area contributed by atoms with Crippen LogP contribution >= 0.6 is 0 Å². The standard InChI is InChI=1S/C23H28N2O2/c1-3-24(4-2)23(27)22(20-8-6-5-7-9-20)25-16-14-19(15-17-25)18-10-12-21(26)13-11-18/h5-14,22,26H,3-4,15-17H2,1-2H3. The predicted molar refractivity (Wildman–Crippen MR) is 109 cm³/mol. The summed E-state index contributed by atoms with van der Waals surface area (Å²) in [5.74, 6) is 0.457. The van der Waals surface area contributed by atoms with Gasteiger partial charge in [-0.05, 0) is 49.1 Å². The van der Waals surface area contributed by atoms with Crippen LogP contribution in [0, 0.1) is 0 Å². The predicted octanol–water partition coefficient (Wildman–Crippen LogP) is 4.09. The molecular formula is C23H28N2O2. The fourth-order valence-electron chi connectivity index (χ4n) is 3.71. The lowest BCUT2D eigenvalue weighted by Gasteiger charge is -2.36. The molecule has 1 N–H and O–H groups in total. The Bertz CT molecular complexity index is 780. The van der Waals surface area contributed by atoms with Crippen LogP contribution in [0.3, 0.4) is 0 Å². The van der Waals surface area contributed by atoms with Crippen LogP contribution in [0.15, 0.2) is 60.7 Å². The summed E-state index contributed by atoms with van der Waals surface area (Å²) in [5.41, 5.74) is 3.46. The summed E-state index contributed by atoms with van der Waals surface area (Å²) in [4.78, 5) is 17.4. The second-order valence-electron chi connectivity index (χ2n) is 6.84. The zero-order valence-corrected chi connectivity index (χ0v) is 16.1. The maximum absolute atomic E-state index is 13.2. The third-order valence-corrected chi connectivity index (χ3v) is 5.27. The van der Waals surface area contributed by atoms with Crippen molar-refractivity contribution in [3.05, 3.63) is 71.8 Å². The summed E-state index contributed by atoms with van der Waals surface area (Å²) in [6.45, 7) is 7.08. The molecule has 0 bridgehead atoms. The summed E-state index contributed by atoms with van der Waals surface area (Å²) in [7, 11) is 0. The molecule has 0 radical (unpaired) electrons. The van der Waals surface area contributed by atoms with E-state index in [-0.39, 0.29) is 17.7 Å².